The number of rotatable bonds is 9. The highest BCUT2D eigenvalue weighted by molar-refractivity contribution is 6.35. The number of hydrogen-bond donors (Lipinski definition) is 2. The third-order valence-electron chi connectivity index (χ3n) is 6.29. The van der Waals surface area contributed by atoms with Gasteiger partial charge in [0.2, 0.25) is 0 Å². The zero-order valence-electron chi connectivity index (χ0n) is 19.4. The number of anilines is 1. The summed E-state index contributed by atoms with van der Waals surface area (Å²) in [7, 11) is 0. The summed E-state index contributed by atoms with van der Waals surface area (Å²) in [5.74, 6) is -1.80. The summed E-state index contributed by atoms with van der Waals surface area (Å²) >= 11 is 6.07. The van der Waals surface area contributed by atoms with Crippen LogP contribution in [0.4, 0.5) is 14.5 Å². The van der Waals surface area contributed by atoms with Crippen LogP contribution >= 0.6 is 11.6 Å². The van der Waals surface area contributed by atoms with E-state index >= 15 is 8.78 Å². The van der Waals surface area contributed by atoms with Gasteiger partial charge >= 0.3 is 5.97 Å². The van der Waals surface area contributed by atoms with E-state index < -0.39 is 23.3 Å². The van der Waals surface area contributed by atoms with Gasteiger partial charge in [-0.3, -0.25) is 0 Å². The highest BCUT2D eigenvalue weighted by Gasteiger charge is 2.27. The molecule has 0 saturated heterocycles. The Labute approximate surface area is 197 Å². The molecular formula is C25H30ClF2N3O2. The maximum atomic E-state index is 15.6. The largest absolute Gasteiger partial charge is 0.461 e. The van der Waals surface area contributed by atoms with Crippen molar-refractivity contribution in [2.75, 3.05) is 12.3 Å². The number of unbranched alkanes of at least 4 members (excludes halogenated alkanes) is 1. The summed E-state index contributed by atoms with van der Waals surface area (Å²) in [5.41, 5.74) is 5.77. The van der Waals surface area contributed by atoms with Crippen molar-refractivity contribution in [1.29, 1.82) is 0 Å². The van der Waals surface area contributed by atoms with Crippen LogP contribution in [0.1, 0.15) is 75.3 Å². The first kappa shape index (κ1) is 25.0. The molecule has 2 unspecified atom stereocenters. The summed E-state index contributed by atoms with van der Waals surface area (Å²) in [6.07, 6.45) is 5.21. The van der Waals surface area contributed by atoms with Gasteiger partial charge in [0.05, 0.1) is 22.8 Å². The number of pyridine rings is 1. The maximum absolute atomic E-state index is 15.6. The molecule has 3 aromatic rings. The lowest BCUT2D eigenvalue weighted by Gasteiger charge is -2.21. The minimum Gasteiger partial charge on any atom is -0.461 e. The summed E-state index contributed by atoms with van der Waals surface area (Å²) in [6.45, 7) is 8.53. The maximum Gasteiger partial charge on any atom is 0.358 e. The van der Waals surface area contributed by atoms with Gasteiger partial charge in [-0.05, 0) is 36.3 Å². The summed E-state index contributed by atoms with van der Waals surface area (Å²) < 4.78 is 35.7. The van der Waals surface area contributed by atoms with Gasteiger partial charge < -0.3 is 15.5 Å². The number of carbonyl (C=O) groups is 1. The predicted molar refractivity (Wildman–Crippen MR) is 129 cm³/mol. The smallest absolute Gasteiger partial charge is 0.358 e. The molecule has 0 radical (unpaired) electrons. The van der Waals surface area contributed by atoms with Gasteiger partial charge in [-0.15, -0.1) is 0 Å². The lowest BCUT2D eigenvalue weighted by Crippen LogP contribution is -2.13. The Morgan fingerprint density at radius 1 is 1.21 bits per heavy atom. The van der Waals surface area contributed by atoms with Crippen molar-refractivity contribution in [2.45, 2.75) is 59.3 Å². The number of aromatic nitrogens is 2. The lowest BCUT2D eigenvalue weighted by atomic mass is 9.83. The first-order chi connectivity index (χ1) is 15.8. The molecule has 0 amide bonds. The molecule has 2 atom stereocenters. The van der Waals surface area contributed by atoms with E-state index in [0.717, 1.165) is 30.2 Å². The molecule has 0 saturated carbocycles. The minimum absolute atomic E-state index is 0.115. The molecule has 0 aliphatic carbocycles. The Morgan fingerprint density at radius 3 is 2.58 bits per heavy atom. The number of hydrogen-bond acceptors (Lipinski definition) is 4. The van der Waals surface area contributed by atoms with Crippen molar-refractivity contribution in [1.82, 2.24) is 9.97 Å². The quantitative estimate of drug-likeness (QED) is 0.251. The molecule has 0 fully saturated rings. The number of nitrogens with two attached hydrogens (primary N) is 1. The molecule has 33 heavy (non-hydrogen) atoms. The van der Waals surface area contributed by atoms with Crippen LogP contribution in [0.2, 0.25) is 5.02 Å². The number of H-pyrrole nitrogens is 1. The van der Waals surface area contributed by atoms with E-state index in [1.165, 1.54) is 6.07 Å². The highest BCUT2D eigenvalue weighted by Crippen LogP contribution is 2.39. The van der Waals surface area contributed by atoms with Crippen LogP contribution in [-0.2, 0) is 4.74 Å². The average Bonchev–Trinajstić information content (AvgIpc) is 3.23. The Morgan fingerprint density at radius 2 is 1.94 bits per heavy atom. The molecule has 0 spiro atoms. The lowest BCUT2D eigenvalue weighted by molar-refractivity contribution is 0.0493. The molecule has 2 aromatic heterocycles. The monoisotopic (exact) mass is 477 g/mol. The van der Waals surface area contributed by atoms with Gasteiger partial charge in [-0.25, -0.2) is 18.6 Å². The van der Waals surface area contributed by atoms with Gasteiger partial charge in [0, 0.05) is 17.1 Å². The van der Waals surface area contributed by atoms with Gasteiger partial charge in [0.1, 0.15) is 5.69 Å². The van der Waals surface area contributed by atoms with Crippen molar-refractivity contribution in [2.24, 2.45) is 5.92 Å². The number of halogens is 3. The number of ether oxygens (including phenoxy) is 1. The van der Waals surface area contributed by atoms with Crippen LogP contribution in [-0.4, -0.2) is 22.5 Å². The van der Waals surface area contributed by atoms with Gasteiger partial charge in [0.15, 0.2) is 17.3 Å². The molecule has 5 nitrogen and oxygen atoms in total. The molecule has 8 heteroatoms. The van der Waals surface area contributed by atoms with Gasteiger partial charge in [-0.1, -0.05) is 58.2 Å². The number of nitrogens with one attached hydrogen (secondary N) is 1. The summed E-state index contributed by atoms with van der Waals surface area (Å²) in [6, 6.07) is 3.21. The highest BCUT2D eigenvalue weighted by atomic mass is 35.5. The van der Waals surface area contributed by atoms with E-state index in [2.05, 4.69) is 30.7 Å². The second-order valence-corrected chi connectivity index (χ2v) is 8.71. The Kier molecular flexibility index (Phi) is 7.95. The van der Waals surface area contributed by atoms with Crippen LogP contribution in [0.15, 0.2) is 18.3 Å². The molecule has 0 aliphatic rings. The molecule has 3 rings (SSSR count). The Bertz CT molecular complexity index is 1160. The van der Waals surface area contributed by atoms with Crippen molar-refractivity contribution in [3.05, 3.63) is 46.2 Å². The van der Waals surface area contributed by atoms with E-state index in [0.29, 0.717) is 12.3 Å². The number of benzene rings is 1. The zero-order valence-corrected chi connectivity index (χ0v) is 20.2. The number of nitrogen functional groups attached to an aromatic ring is 1. The van der Waals surface area contributed by atoms with E-state index in [9.17, 15) is 4.79 Å². The van der Waals surface area contributed by atoms with Crippen LogP contribution in [0, 0.1) is 17.6 Å². The SMILES string of the molecule is CCCCOC(=O)c1nc(-c2ccc3c(C(CC)C(C)CC)c[nH]c3c2F)c(F)c(N)c1Cl. The van der Waals surface area contributed by atoms with Crippen molar-refractivity contribution < 1.29 is 18.3 Å². The fourth-order valence-electron chi connectivity index (χ4n) is 4.14. The van der Waals surface area contributed by atoms with Gasteiger partial charge in [0.25, 0.3) is 0 Å². The predicted octanol–water partition coefficient (Wildman–Crippen LogP) is 7.24. The number of fused-ring (bicyclic) bond motifs is 1. The zero-order chi connectivity index (χ0) is 24.3. The third kappa shape index (κ3) is 4.69. The van der Waals surface area contributed by atoms with E-state index in [-0.39, 0.29) is 40.0 Å². The second-order valence-electron chi connectivity index (χ2n) is 8.33. The van der Waals surface area contributed by atoms with Crippen LogP contribution < -0.4 is 5.73 Å². The van der Waals surface area contributed by atoms with Crippen molar-refractivity contribution in [3.8, 4) is 11.3 Å². The van der Waals surface area contributed by atoms with E-state index in [1.54, 1.807) is 6.07 Å². The standard InChI is InChI=1S/C25H30ClF2N3O2/c1-5-8-11-33-25(32)24-18(26)21(29)20(28)23(31-24)16-10-9-15-17(12-30-22(15)19(16)27)14(7-3)13(4)6-2/h9-10,12-14,30H,5-8,11H2,1-4H3,(H2,29,31). The number of aromatic amines is 1. The fourth-order valence-corrected chi connectivity index (χ4v) is 4.34. The molecule has 0 aliphatic heterocycles. The number of esters is 1. The van der Waals surface area contributed by atoms with Gasteiger partial charge in [-0.2, -0.15) is 0 Å². The fraction of sp³-hybridized carbons (Fsp3) is 0.440. The molecule has 1 aromatic carbocycles. The topological polar surface area (TPSA) is 81.0 Å². The third-order valence-corrected chi connectivity index (χ3v) is 6.67. The molecule has 2 heterocycles. The minimum atomic E-state index is -0.985. The van der Waals surface area contributed by atoms with Crippen LogP contribution in [0.5, 0.6) is 0 Å². The Hall–Kier alpha value is -2.67. The summed E-state index contributed by atoms with van der Waals surface area (Å²) in [5, 5.41) is 0.394. The van der Waals surface area contributed by atoms with E-state index in [4.69, 9.17) is 22.1 Å². The Balaban J connectivity index is 2.11. The van der Waals surface area contributed by atoms with Crippen molar-refractivity contribution >= 4 is 34.2 Å². The molecular weight excluding hydrogens is 448 g/mol. The van der Waals surface area contributed by atoms with E-state index in [1.807, 2.05) is 13.1 Å². The summed E-state index contributed by atoms with van der Waals surface area (Å²) in [4.78, 5) is 19.5. The average molecular weight is 478 g/mol. The normalized spacial score (nSPS) is 13.3. The van der Waals surface area contributed by atoms with Crippen molar-refractivity contribution in [3.63, 3.8) is 0 Å². The van der Waals surface area contributed by atoms with Crippen LogP contribution in [0.25, 0.3) is 22.2 Å². The number of nitrogens with zero attached hydrogens (tertiary/aromatic N) is 1. The molecule has 0 bridgehead atoms. The van der Waals surface area contributed by atoms with Crippen LogP contribution in [0.3, 0.4) is 0 Å². The number of carbonyl (C=O) groups excluding carboxylic acids is 1. The first-order valence-corrected chi connectivity index (χ1v) is 11.8. The molecule has 178 valence electrons. The molecule has 3 N–H and O–H groups in total. The second kappa shape index (κ2) is 10.5. The first-order valence-electron chi connectivity index (χ1n) is 11.4.